The molecule has 1 atom stereocenters. The van der Waals surface area contributed by atoms with E-state index in [0.29, 0.717) is 24.6 Å². The summed E-state index contributed by atoms with van der Waals surface area (Å²) in [6.07, 6.45) is 1.85. The van der Waals surface area contributed by atoms with Crippen molar-refractivity contribution in [3.05, 3.63) is 11.8 Å². The zero-order valence-electron chi connectivity index (χ0n) is 12.8. The summed E-state index contributed by atoms with van der Waals surface area (Å²) in [7, 11) is -2.97. The Hall–Kier alpha value is -1.37. The molecular formula is C14H23N3O3S. The fraction of sp³-hybridized carbons (Fsp3) is 0.714. The molecule has 1 fully saturated rings. The Kier molecular flexibility index (Phi) is 4.70. The summed E-state index contributed by atoms with van der Waals surface area (Å²) >= 11 is 0. The average molecular weight is 313 g/mol. The van der Waals surface area contributed by atoms with Crippen molar-refractivity contribution in [3.63, 3.8) is 0 Å². The fourth-order valence-corrected chi connectivity index (χ4v) is 4.17. The van der Waals surface area contributed by atoms with Gasteiger partial charge in [-0.2, -0.15) is 5.10 Å². The molecule has 7 heteroatoms. The molecule has 2 rings (SSSR count). The number of anilines is 1. The van der Waals surface area contributed by atoms with E-state index >= 15 is 0 Å². The number of aromatic nitrogens is 2. The second-order valence-corrected chi connectivity index (χ2v) is 8.38. The van der Waals surface area contributed by atoms with Crippen LogP contribution in [0.2, 0.25) is 0 Å². The van der Waals surface area contributed by atoms with Crippen molar-refractivity contribution in [2.45, 2.75) is 46.1 Å². The molecule has 2 heterocycles. The molecule has 1 aliphatic heterocycles. The first-order chi connectivity index (χ1) is 9.77. The number of nitrogens with one attached hydrogen (secondary N) is 1. The molecule has 0 saturated carbocycles. The van der Waals surface area contributed by atoms with Crippen LogP contribution in [0.4, 0.5) is 5.82 Å². The Morgan fingerprint density at radius 2 is 2.24 bits per heavy atom. The summed E-state index contributed by atoms with van der Waals surface area (Å²) in [6.45, 7) is 5.99. The van der Waals surface area contributed by atoms with Gasteiger partial charge in [-0.15, -0.1) is 0 Å². The van der Waals surface area contributed by atoms with E-state index in [-0.39, 0.29) is 23.5 Å². The largest absolute Gasteiger partial charge is 0.311 e. The Labute approximate surface area is 125 Å². The smallest absolute Gasteiger partial charge is 0.225 e. The molecule has 0 bridgehead atoms. The van der Waals surface area contributed by atoms with Crippen LogP contribution >= 0.6 is 0 Å². The average Bonchev–Trinajstić information content (AvgIpc) is 2.89. The van der Waals surface area contributed by atoms with Crippen LogP contribution in [0.15, 0.2) is 6.07 Å². The van der Waals surface area contributed by atoms with E-state index in [2.05, 4.69) is 24.3 Å². The first-order valence-electron chi connectivity index (χ1n) is 7.33. The lowest BCUT2D eigenvalue weighted by Crippen LogP contribution is -2.19. The van der Waals surface area contributed by atoms with Gasteiger partial charge in [-0.05, 0) is 25.7 Å². The number of aryl methyl sites for hydroxylation is 1. The molecule has 21 heavy (non-hydrogen) atoms. The van der Waals surface area contributed by atoms with Crippen molar-refractivity contribution >= 4 is 21.6 Å². The molecule has 1 aromatic rings. The van der Waals surface area contributed by atoms with Gasteiger partial charge >= 0.3 is 0 Å². The van der Waals surface area contributed by atoms with Crippen LogP contribution in [0, 0.1) is 12.8 Å². The monoisotopic (exact) mass is 313 g/mol. The molecule has 1 amide bonds. The number of rotatable bonds is 5. The van der Waals surface area contributed by atoms with Gasteiger partial charge in [-0.25, -0.2) is 13.1 Å². The van der Waals surface area contributed by atoms with Crippen LogP contribution in [0.3, 0.4) is 0 Å². The van der Waals surface area contributed by atoms with Crippen molar-refractivity contribution in [1.82, 2.24) is 9.78 Å². The van der Waals surface area contributed by atoms with Crippen LogP contribution in [0.25, 0.3) is 0 Å². The molecule has 0 spiro atoms. The van der Waals surface area contributed by atoms with E-state index < -0.39 is 9.84 Å². The SMILES string of the molecule is Cc1cc(NC(=O)CCC(C)C)n(C2CCS(=O)(=O)C2)n1. The minimum Gasteiger partial charge on any atom is -0.311 e. The summed E-state index contributed by atoms with van der Waals surface area (Å²) in [5, 5.41) is 7.20. The molecule has 0 aromatic carbocycles. The van der Waals surface area contributed by atoms with Gasteiger partial charge in [0.2, 0.25) is 5.91 Å². The lowest BCUT2D eigenvalue weighted by Gasteiger charge is -2.14. The Bertz CT molecular complexity index is 619. The third-order valence-corrected chi connectivity index (χ3v) is 5.38. The van der Waals surface area contributed by atoms with Gasteiger partial charge in [0.1, 0.15) is 5.82 Å². The number of carbonyl (C=O) groups is 1. The zero-order chi connectivity index (χ0) is 15.6. The lowest BCUT2D eigenvalue weighted by atomic mass is 10.1. The third kappa shape index (κ3) is 4.30. The molecule has 0 radical (unpaired) electrons. The van der Waals surface area contributed by atoms with Crippen molar-refractivity contribution in [2.24, 2.45) is 5.92 Å². The minimum atomic E-state index is -2.97. The molecule has 1 saturated heterocycles. The maximum absolute atomic E-state index is 12.0. The van der Waals surface area contributed by atoms with Gasteiger partial charge < -0.3 is 5.32 Å². The highest BCUT2D eigenvalue weighted by Gasteiger charge is 2.31. The predicted molar refractivity (Wildman–Crippen MR) is 82.0 cm³/mol. The molecule has 1 aromatic heterocycles. The van der Waals surface area contributed by atoms with Crippen molar-refractivity contribution in [2.75, 3.05) is 16.8 Å². The minimum absolute atomic E-state index is 0.0503. The quantitative estimate of drug-likeness (QED) is 0.900. The summed E-state index contributed by atoms with van der Waals surface area (Å²) in [5.74, 6) is 1.32. The number of carbonyl (C=O) groups excluding carboxylic acids is 1. The Morgan fingerprint density at radius 1 is 1.52 bits per heavy atom. The van der Waals surface area contributed by atoms with E-state index in [1.807, 2.05) is 6.92 Å². The molecule has 1 unspecified atom stereocenters. The predicted octanol–water partition coefficient (Wildman–Crippen LogP) is 1.93. The van der Waals surface area contributed by atoms with Crippen molar-refractivity contribution in [3.8, 4) is 0 Å². The fourth-order valence-electron chi connectivity index (χ4n) is 2.48. The van der Waals surface area contributed by atoms with Gasteiger partial charge in [0.25, 0.3) is 0 Å². The summed E-state index contributed by atoms with van der Waals surface area (Å²) < 4.78 is 24.9. The normalized spacial score (nSPS) is 20.9. The maximum atomic E-state index is 12.0. The summed E-state index contributed by atoms with van der Waals surface area (Å²) in [4.78, 5) is 12.0. The standard InChI is InChI=1S/C14H23N3O3S/c1-10(2)4-5-14(18)15-13-8-11(3)16-17(13)12-6-7-21(19,20)9-12/h8,10,12H,4-7,9H2,1-3H3,(H,15,18). The van der Waals surface area contributed by atoms with Gasteiger partial charge in [-0.3, -0.25) is 4.79 Å². The first kappa shape index (κ1) is 16.0. The number of nitrogens with zero attached hydrogens (tertiary/aromatic N) is 2. The number of amides is 1. The van der Waals surface area contributed by atoms with Crippen LogP contribution in [-0.4, -0.2) is 35.6 Å². The molecule has 1 N–H and O–H groups in total. The van der Waals surface area contributed by atoms with Crippen molar-refractivity contribution < 1.29 is 13.2 Å². The summed E-state index contributed by atoms with van der Waals surface area (Å²) in [5.41, 5.74) is 0.776. The van der Waals surface area contributed by atoms with Gasteiger partial charge in [0, 0.05) is 12.5 Å². The highest BCUT2D eigenvalue weighted by molar-refractivity contribution is 7.91. The molecular weight excluding hydrogens is 290 g/mol. The molecule has 6 nitrogen and oxygen atoms in total. The molecule has 0 aliphatic carbocycles. The third-order valence-electron chi connectivity index (χ3n) is 3.63. The van der Waals surface area contributed by atoms with E-state index in [9.17, 15) is 13.2 Å². The highest BCUT2D eigenvalue weighted by atomic mass is 32.2. The summed E-state index contributed by atoms with van der Waals surface area (Å²) in [6, 6.07) is 1.61. The lowest BCUT2D eigenvalue weighted by molar-refractivity contribution is -0.116. The molecule has 118 valence electrons. The van der Waals surface area contributed by atoms with Crippen LogP contribution in [-0.2, 0) is 14.6 Å². The zero-order valence-corrected chi connectivity index (χ0v) is 13.6. The van der Waals surface area contributed by atoms with Crippen LogP contribution in [0.1, 0.15) is 44.8 Å². The Balaban J connectivity index is 2.09. The van der Waals surface area contributed by atoms with E-state index in [4.69, 9.17) is 0 Å². The van der Waals surface area contributed by atoms with E-state index in [1.165, 1.54) is 0 Å². The van der Waals surface area contributed by atoms with Crippen LogP contribution in [0.5, 0.6) is 0 Å². The second kappa shape index (κ2) is 6.17. The second-order valence-electron chi connectivity index (χ2n) is 6.15. The maximum Gasteiger partial charge on any atom is 0.225 e. The molecule has 1 aliphatic rings. The van der Waals surface area contributed by atoms with E-state index in [1.54, 1.807) is 10.7 Å². The number of hydrogen-bond donors (Lipinski definition) is 1. The number of hydrogen-bond acceptors (Lipinski definition) is 4. The number of sulfone groups is 1. The highest BCUT2D eigenvalue weighted by Crippen LogP contribution is 2.27. The van der Waals surface area contributed by atoms with Crippen LogP contribution < -0.4 is 5.32 Å². The Morgan fingerprint density at radius 3 is 2.81 bits per heavy atom. The van der Waals surface area contributed by atoms with E-state index in [0.717, 1.165) is 12.1 Å². The first-order valence-corrected chi connectivity index (χ1v) is 9.15. The topological polar surface area (TPSA) is 81.1 Å². The van der Waals surface area contributed by atoms with Gasteiger partial charge in [0.05, 0.1) is 23.2 Å². The van der Waals surface area contributed by atoms with Crippen molar-refractivity contribution in [1.29, 1.82) is 0 Å². The van der Waals surface area contributed by atoms with Gasteiger partial charge in [0.15, 0.2) is 9.84 Å². The van der Waals surface area contributed by atoms with Gasteiger partial charge in [-0.1, -0.05) is 13.8 Å².